The summed E-state index contributed by atoms with van der Waals surface area (Å²) in [6.07, 6.45) is 2.97. The van der Waals surface area contributed by atoms with E-state index in [1.165, 1.54) is 0 Å². The molecule has 0 spiro atoms. The van der Waals surface area contributed by atoms with Crippen LogP contribution in [0.2, 0.25) is 5.15 Å². The molecule has 2 unspecified atom stereocenters. The minimum atomic E-state index is -0.785. The first kappa shape index (κ1) is 11.4. The number of carboxylic acid groups (broad SMARTS) is 1. The highest BCUT2D eigenvalue weighted by Gasteiger charge is 2.27. The van der Waals surface area contributed by atoms with Crippen molar-refractivity contribution in [2.75, 3.05) is 6.61 Å². The molecule has 1 aromatic rings. The van der Waals surface area contributed by atoms with E-state index >= 15 is 0 Å². The van der Waals surface area contributed by atoms with Crippen LogP contribution in [0.25, 0.3) is 0 Å². The van der Waals surface area contributed by atoms with Gasteiger partial charge in [0.2, 0.25) is 0 Å². The molecule has 2 rings (SSSR count). The van der Waals surface area contributed by atoms with E-state index < -0.39 is 5.97 Å². The van der Waals surface area contributed by atoms with E-state index in [-0.39, 0.29) is 18.6 Å². The van der Waals surface area contributed by atoms with Crippen LogP contribution >= 0.6 is 11.6 Å². The number of hydrogen-bond donors (Lipinski definition) is 1. The predicted octanol–water partition coefficient (Wildman–Crippen LogP) is 2.29. The van der Waals surface area contributed by atoms with Gasteiger partial charge in [-0.2, -0.15) is 0 Å². The molecule has 0 radical (unpaired) electrons. The quantitative estimate of drug-likeness (QED) is 0.807. The van der Waals surface area contributed by atoms with Crippen molar-refractivity contribution in [3.8, 4) is 0 Å². The largest absolute Gasteiger partial charge is 0.481 e. The second kappa shape index (κ2) is 4.80. The number of nitrogens with zero attached hydrogens (tertiary/aromatic N) is 1. The third-order valence-electron chi connectivity index (χ3n) is 2.75. The SMILES string of the molecule is O=C(O)C1CCC(c2ccc(Cl)nc2)OC1. The van der Waals surface area contributed by atoms with E-state index in [1.807, 2.05) is 6.07 Å². The third-order valence-corrected chi connectivity index (χ3v) is 2.97. The minimum absolute atomic E-state index is 0.0552. The van der Waals surface area contributed by atoms with Gasteiger partial charge >= 0.3 is 5.97 Å². The van der Waals surface area contributed by atoms with Crippen LogP contribution in [0.15, 0.2) is 18.3 Å². The fraction of sp³-hybridized carbons (Fsp3) is 0.455. The monoisotopic (exact) mass is 241 g/mol. The average molecular weight is 242 g/mol. The molecule has 5 heteroatoms. The lowest BCUT2D eigenvalue weighted by Gasteiger charge is -2.26. The number of aromatic nitrogens is 1. The summed E-state index contributed by atoms with van der Waals surface area (Å²) in [5.41, 5.74) is 0.952. The van der Waals surface area contributed by atoms with E-state index in [0.717, 1.165) is 5.56 Å². The number of carboxylic acids is 1. The molecule has 2 heterocycles. The van der Waals surface area contributed by atoms with Gasteiger partial charge in [0, 0.05) is 6.20 Å². The smallest absolute Gasteiger partial charge is 0.308 e. The van der Waals surface area contributed by atoms with Gasteiger partial charge in [0.15, 0.2) is 0 Å². The molecule has 1 N–H and O–H groups in total. The normalized spacial score (nSPS) is 25.3. The molecule has 1 saturated heterocycles. The van der Waals surface area contributed by atoms with Crippen LogP contribution in [0.1, 0.15) is 24.5 Å². The fourth-order valence-electron chi connectivity index (χ4n) is 1.79. The highest BCUT2D eigenvalue weighted by atomic mass is 35.5. The summed E-state index contributed by atoms with van der Waals surface area (Å²) >= 11 is 5.69. The van der Waals surface area contributed by atoms with Crippen molar-refractivity contribution in [1.82, 2.24) is 4.98 Å². The molecule has 1 fully saturated rings. The van der Waals surface area contributed by atoms with Crippen molar-refractivity contribution >= 4 is 17.6 Å². The zero-order valence-electron chi connectivity index (χ0n) is 8.60. The number of ether oxygens (including phenoxy) is 1. The zero-order valence-corrected chi connectivity index (χ0v) is 9.35. The van der Waals surface area contributed by atoms with Gasteiger partial charge < -0.3 is 9.84 Å². The van der Waals surface area contributed by atoms with Crippen molar-refractivity contribution in [2.24, 2.45) is 5.92 Å². The Morgan fingerprint density at radius 1 is 1.50 bits per heavy atom. The molecule has 1 aromatic heterocycles. The lowest BCUT2D eigenvalue weighted by Crippen LogP contribution is -2.26. The standard InChI is InChI=1S/C11H12ClNO3/c12-10-4-2-7(5-13-10)9-3-1-8(6-16-9)11(14)15/h2,4-5,8-9H,1,3,6H2,(H,14,15). The maximum Gasteiger partial charge on any atom is 0.308 e. The molecular weight excluding hydrogens is 230 g/mol. The zero-order chi connectivity index (χ0) is 11.5. The van der Waals surface area contributed by atoms with Gasteiger partial charge in [-0.05, 0) is 24.5 Å². The van der Waals surface area contributed by atoms with Crippen molar-refractivity contribution in [3.05, 3.63) is 29.0 Å². The number of halogens is 1. The molecule has 2 atom stereocenters. The summed E-state index contributed by atoms with van der Waals surface area (Å²) in [5, 5.41) is 9.27. The number of pyridine rings is 1. The molecule has 86 valence electrons. The van der Waals surface area contributed by atoms with E-state index in [0.29, 0.717) is 18.0 Å². The van der Waals surface area contributed by atoms with Crippen LogP contribution in [-0.4, -0.2) is 22.7 Å². The van der Waals surface area contributed by atoms with E-state index in [4.69, 9.17) is 21.4 Å². The predicted molar refractivity (Wildman–Crippen MR) is 58.3 cm³/mol. The van der Waals surface area contributed by atoms with Crippen molar-refractivity contribution < 1.29 is 14.6 Å². The van der Waals surface area contributed by atoms with Gasteiger partial charge in [-0.25, -0.2) is 4.98 Å². The summed E-state index contributed by atoms with van der Waals surface area (Å²) in [7, 11) is 0. The maximum atomic E-state index is 10.7. The first-order valence-electron chi connectivity index (χ1n) is 5.12. The van der Waals surface area contributed by atoms with Crippen molar-refractivity contribution in [3.63, 3.8) is 0 Å². The van der Waals surface area contributed by atoms with E-state index in [9.17, 15) is 4.79 Å². The Hall–Kier alpha value is -1.13. The van der Waals surface area contributed by atoms with Gasteiger partial charge in [0.25, 0.3) is 0 Å². The van der Waals surface area contributed by atoms with Crippen LogP contribution < -0.4 is 0 Å². The highest BCUT2D eigenvalue weighted by Crippen LogP contribution is 2.30. The second-order valence-electron chi connectivity index (χ2n) is 3.85. The number of aliphatic carboxylic acids is 1. The lowest BCUT2D eigenvalue weighted by molar-refractivity contribution is -0.148. The lowest BCUT2D eigenvalue weighted by atomic mass is 9.95. The molecule has 0 amide bonds. The molecule has 0 saturated carbocycles. The Morgan fingerprint density at radius 3 is 2.81 bits per heavy atom. The first-order chi connectivity index (χ1) is 7.66. The minimum Gasteiger partial charge on any atom is -0.481 e. The van der Waals surface area contributed by atoms with Crippen molar-refractivity contribution in [1.29, 1.82) is 0 Å². The van der Waals surface area contributed by atoms with Crippen molar-refractivity contribution in [2.45, 2.75) is 18.9 Å². The molecule has 0 aromatic carbocycles. The van der Waals surface area contributed by atoms with E-state index in [2.05, 4.69) is 4.98 Å². The summed E-state index contributed by atoms with van der Waals surface area (Å²) in [6.45, 7) is 0.266. The number of hydrogen-bond acceptors (Lipinski definition) is 3. The molecule has 0 aliphatic carbocycles. The van der Waals surface area contributed by atoms with Gasteiger partial charge in [0.05, 0.1) is 18.6 Å². The molecular formula is C11H12ClNO3. The van der Waals surface area contributed by atoms with Gasteiger partial charge in [-0.15, -0.1) is 0 Å². The van der Waals surface area contributed by atoms with Crippen LogP contribution in [0.5, 0.6) is 0 Å². The fourth-order valence-corrected chi connectivity index (χ4v) is 1.90. The molecule has 0 bridgehead atoms. The molecule has 4 nitrogen and oxygen atoms in total. The summed E-state index contributed by atoms with van der Waals surface area (Å²) in [6, 6.07) is 3.57. The van der Waals surface area contributed by atoms with Gasteiger partial charge in [-0.1, -0.05) is 17.7 Å². The maximum absolute atomic E-state index is 10.7. The second-order valence-corrected chi connectivity index (χ2v) is 4.24. The third kappa shape index (κ3) is 2.51. The Kier molecular flexibility index (Phi) is 3.41. The van der Waals surface area contributed by atoms with Gasteiger partial charge in [0.1, 0.15) is 5.15 Å². The van der Waals surface area contributed by atoms with Crippen LogP contribution in [0.4, 0.5) is 0 Å². The Morgan fingerprint density at radius 2 is 2.31 bits per heavy atom. The summed E-state index contributed by atoms with van der Waals surface area (Å²) < 4.78 is 5.51. The highest BCUT2D eigenvalue weighted by molar-refractivity contribution is 6.29. The van der Waals surface area contributed by atoms with Crippen LogP contribution in [0.3, 0.4) is 0 Å². The van der Waals surface area contributed by atoms with Crippen LogP contribution in [-0.2, 0) is 9.53 Å². The van der Waals surface area contributed by atoms with Gasteiger partial charge in [-0.3, -0.25) is 4.79 Å². The van der Waals surface area contributed by atoms with Crippen LogP contribution in [0, 0.1) is 5.92 Å². The average Bonchev–Trinajstić information content (AvgIpc) is 2.30. The Balaban J connectivity index is 1.99. The molecule has 1 aliphatic rings. The molecule has 1 aliphatic heterocycles. The first-order valence-corrected chi connectivity index (χ1v) is 5.50. The number of carbonyl (C=O) groups is 1. The molecule has 16 heavy (non-hydrogen) atoms. The summed E-state index contributed by atoms with van der Waals surface area (Å²) in [5.74, 6) is -1.16. The topological polar surface area (TPSA) is 59.4 Å². The summed E-state index contributed by atoms with van der Waals surface area (Å²) in [4.78, 5) is 14.7. The number of rotatable bonds is 2. The Bertz CT molecular complexity index is 371. The van der Waals surface area contributed by atoms with E-state index in [1.54, 1.807) is 12.3 Å². The Labute approximate surface area is 98.2 Å².